The van der Waals surface area contributed by atoms with Gasteiger partial charge in [0.1, 0.15) is 23.4 Å². The minimum absolute atomic E-state index is 0.130. The van der Waals surface area contributed by atoms with Crippen molar-refractivity contribution in [3.63, 3.8) is 0 Å². The highest BCUT2D eigenvalue weighted by Gasteiger charge is 2.20. The first kappa shape index (κ1) is 16.6. The van der Waals surface area contributed by atoms with E-state index >= 15 is 0 Å². The first-order chi connectivity index (χ1) is 13.0. The number of rotatable bonds is 2. The fourth-order valence-electron chi connectivity index (χ4n) is 2.87. The number of fused-ring (bicyclic) bond motifs is 1. The molecule has 0 fully saturated rings. The van der Waals surface area contributed by atoms with Gasteiger partial charge in [-0.1, -0.05) is 0 Å². The van der Waals surface area contributed by atoms with Crippen molar-refractivity contribution in [1.82, 2.24) is 19.6 Å². The first-order valence-corrected chi connectivity index (χ1v) is 7.89. The summed E-state index contributed by atoms with van der Waals surface area (Å²) in [6.07, 6.45) is 1.46. The molecule has 0 amide bonds. The lowest BCUT2D eigenvalue weighted by Gasteiger charge is -2.06. The maximum atomic E-state index is 14.3. The fourth-order valence-corrected chi connectivity index (χ4v) is 2.87. The maximum absolute atomic E-state index is 14.3. The third-order valence-electron chi connectivity index (χ3n) is 4.12. The Labute approximate surface area is 152 Å². The predicted molar refractivity (Wildman–Crippen MR) is 92.7 cm³/mol. The van der Waals surface area contributed by atoms with Gasteiger partial charge in [-0.3, -0.25) is 0 Å². The second kappa shape index (κ2) is 6.14. The monoisotopic (exact) mass is 363 g/mol. The molecule has 4 rings (SSSR count). The number of hydrogen-bond acceptors (Lipinski definition) is 5. The molecular weight excluding hydrogens is 352 g/mol. The first-order valence-electron chi connectivity index (χ1n) is 7.89. The number of halogens is 2. The average molecular weight is 363 g/mol. The molecule has 0 unspecified atom stereocenters. The Hall–Kier alpha value is -3.86. The van der Waals surface area contributed by atoms with Crippen LogP contribution in [-0.4, -0.2) is 24.7 Å². The minimum Gasteiger partial charge on any atom is -0.493 e. The van der Waals surface area contributed by atoms with E-state index < -0.39 is 11.6 Å². The molecule has 132 valence electrons. The van der Waals surface area contributed by atoms with Crippen LogP contribution in [0.2, 0.25) is 0 Å². The summed E-state index contributed by atoms with van der Waals surface area (Å²) in [6.45, 7) is 1.65. The van der Waals surface area contributed by atoms with Crippen LogP contribution in [0, 0.1) is 29.9 Å². The standard InChI is InChI=1S/C19H11F2N5O/c1-10-18(14-5-3-12(20)6-15(14)21)19-24-16(7-17(27)26(19)25-10)11-2-4-13(8-22)23-9-11/h2-7,9,27H,1H3. The maximum Gasteiger partial charge on any atom is 0.216 e. The number of nitriles is 1. The van der Waals surface area contributed by atoms with Gasteiger partial charge in [-0.2, -0.15) is 14.9 Å². The van der Waals surface area contributed by atoms with Crippen LogP contribution >= 0.6 is 0 Å². The normalized spacial score (nSPS) is 10.9. The van der Waals surface area contributed by atoms with E-state index in [-0.39, 0.29) is 22.8 Å². The number of pyridine rings is 1. The molecule has 0 aliphatic rings. The minimum atomic E-state index is -0.750. The quantitative estimate of drug-likeness (QED) is 0.588. The van der Waals surface area contributed by atoms with Crippen LogP contribution in [0.4, 0.5) is 8.78 Å². The summed E-state index contributed by atoms with van der Waals surface area (Å²) in [5, 5.41) is 23.4. The van der Waals surface area contributed by atoms with E-state index in [0.717, 1.165) is 12.1 Å². The van der Waals surface area contributed by atoms with Crippen molar-refractivity contribution in [3.05, 3.63) is 65.6 Å². The highest BCUT2D eigenvalue weighted by atomic mass is 19.1. The molecule has 0 aliphatic heterocycles. The highest BCUT2D eigenvalue weighted by Crippen LogP contribution is 2.33. The molecule has 3 aromatic heterocycles. The molecule has 0 spiro atoms. The van der Waals surface area contributed by atoms with Gasteiger partial charge in [0.15, 0.2) is 5.65 Å². The smallest absolute Gasteiger partial charge is 0.216 e. The van der Waals surface area contributed by atoms with Crippen molar-refractivity contribution >= 4 is 5.65 Å². The molecular formula is C19H11F2N5O. The lowest BCUT2D eigenvalue weighted by molar-refractivity contribution is 0.435. The molecule has 0 bridgehead atoms. The molecule has 1 aromatic carbocycles. The summed E-state index contributed by atoms with van der Waals surface area (Å²) in [5.74, 6) is -1.64. The zero-order chi connectivity index (χ0) is 19.1. The van der Waals surface area contributed by atoms with Crippen molar-refractivity contribution in [1.29, 1.82) is 5.26 Å². The number of benzene rings is 1. The lowest BCUT2D eigenvalue weighted by Crippen LogP contribution is -1.95. The second-order valence-corrected chi connectivity index (χ2v) is 5.86. The van der Waals surface area contributed by atoms with E-state index in [9.17, 15) is 13.9 Å². The fraction of sp³-hybridized carbons (Fsp3) is 0.0526. The molecule has 0 radical (unpaired) electrons. The molecule has 6 nitrogen and oxygen atoms in total. The summed E-state index contributed by atoms with van der Waals surface area (Å²) in [6, 6.07) is 9.73. The second-order valence-electron chi connectivity index (χ2n) is 5.86. The van der Waals surface area contributed by atoms with Gasteiger partial charge in [-0.05, 0) is 31.2 Å². The molecule has 0 saturated heterocycles. The molecule has 0 atom stereocenters. The largest absolute Gasteiger partial charge is 0.493 e. The molecule has 27 heavy (non-hydrogen) atoms. The van der Waals surface area contributed by atoms with Gasteiger partial charge in [0.2, 0.25) is 5.88 Å². The van der Waals surface area contributed by atoms with E-state index in [1.165, 1.54) is 28.9 Å². The average Bonchev–Trinajstić information content (AvgIpc) is 2.98. The van der Waals surface area contributed by atoms with Crippen LogP contribution in [-0.2, 0) is 0 Å². The molecule has 1 N–H and O–H groups in total. The summed E-state index contributed by atoms with van der Waals surface area (Å²) in [7, 11) is 0. The Morgan fingerprint density at radius 3 is 2.63 bits per heavy atom. The Kier molecular flexibility index (Phi) is 3.78. The van der Waals surface area contributed by atoms with E-state index in [2.05, 4.69) is 15.1 Å². The van der Waals surface area contributed by atoms with Gasteiger partial charge in [0.05, 0.1) is 17.0 Å². The van der Waals surface area contributed by atoms with Crippen molar-refractivity contribution in [2.45, 2.75) is 6.92 Å². The highest BCUT2D eigenvalue weighted by molar-refractivity contribution is 5.82. The lowest BCUT2D eigenvalue weighted by atomic mass is 10.1. The van der Waals surface area contributed by atoms with Crippen molar-refractivity contribution in [3.8, 4) is 34.3 Å². The zero-order valence-electron chi connectivity index (χ0n) is 14.0. The topological polar surface area (TPSA) is 87.1 Å². The molecule has 3 heterocycles. The van der Waals surface area contributed by atoms with Gasteiger partial charge in [-0.15, -0.1) is 0 Å². The Bertz CT molecular complexity index is 1230. The van der Waals surface area contributed by atoms with Gasteiger partial charge in [-0.25, -0.2) is 18.7 Å². The van der Waals surface area contributed by atoms with Gasteiger partial charge < -0.3 is 5.11 Å². The van der Waals surface area contributed by atoms with Crippen LogP contribution in [0.3, 0.4) is 0 Å². The number of nitrogens with zero attached hydrogens (tertiary/aromatic N) is 5. The van der Waals surface area contributed by atoms with Crippen LogP contribution in [0.1, 0.15) is 11.4 Å². The van der Waals surface area contributed by atoms with Gasteiger partial charge in [0.25, 0.3) is 0 Å². The van der Waals surface area contributed by atoms with Crippen molar-refractivity contribution in [2.75, 3.05) is 0 Å². The van der Waals surface area contributed by atoms with Gasteiger partial charge in [0, 0.05) is 29.5 Å². The third-order valence-corrected chi connectivity index (χ3v) is 4.12. The van der Waals surface area contributed by atoms with Crippen molar-refractivity contribution < 1.29 is 13.9 Å². The summed E-state index contributed by atoms with van der Waals surface area (Å²) in [5.41, 5.74) is 2.32. The van der Waals surface area contributed by atoms with E-state index in [4.69, 9.17) is 5.26 Å². The molecule has 8 heteroatoms. The SMILES string of the molecule is Cc1nn2c(O)cc(-c3ccc(C#N)nc3)nc2c1-c1ccc(F)cc1F. The van der Waals surface area contributed by atoms with Crippen molar-refractivity contribution in [2.24, 2.45) is 0 Å². The zero-order valence-corrected chi connectivity index (χ0v) is 14.0. The summed E-state index contributed by atoms with van der Waals surface area (Å²) in [4.78, 5) is 8.47. The molecule has 4 aromatic rings. The third kappa shape index (κ3) is 2.75. The van der Waals surface area contributed by atoms with E-state index in [0.29, 0.717) is 22.5 Å². The van der Waals surface area contributed by atoms with Crippen LogP contribution in [0.25, 0.3) is 28.0 Å². The Morgan fingerprint density at radius 1 is 1.15 bits per heavy atom. The van der Waals surface area contributed by atoms with Crippen LogP contribution in [0.15, 0.2) is 42.6 Å². The van der Waals surface area contributed by atoms with E-state index in [1.807, 2.05) is 6.07 Å². The van der Waals surface area contributed by atoms with Crippen LogP contribution in [0.5, 0.6) is 5.88 Å². The van der Waals surface area contributed by atoms with Gasteiger partial charge >= 0.3 is 0 Å². The van der Waals surface area contributed by atoms with Crippen LogP contribution < -0.4 is 0 Å². The Balaban J connectivity index is 1.96. The summed E-state index contributed by atoms with van der Waals surface area (Å²) >= 11 is 0. The molecule has 0 saturated carbocycles. The Morgan fingerprint density at radius 2 is 1.96 bits per heavy atom. The predicted octanol–water partition coefficient (Wildman–Crippen LogP) is 3.62. The molecule has 0 aliphatic carbocycles. The summed E-state index contributed by atoms with van der Waals surface area (Å²) < 4.78 is 28.8. The number of aromatic nitrogens is 4. The number of hydrogen-bond donors (Lipinski definition) is 1. The van der Waals surface area contributed by atoms with E-state index in [1.54, 1.807) is 13.0 Å². The number of aryl methyl sites for hydroxylation is 1. The number of aromatic hydroxyl groups is 1.